The van der Waals surface area contributed by atoms with Crippen LogP contribution in [0.15, 0.2) is 4.34 Å². The maximum absolute atomic E-state index is 4.13. The van der Waals surface area contributed by atoms with E-state index in [4.69, 9.17) is 0 Å². The van der Waals surface area contributed by atoms with Crippen LogP contribution in [-0.2, 0) is 5.75 Å². The predicted octanol–water partition coefficient (Wildman–Crippen LogP) is 2.81. The zero-order chi connectivity index (χ0) is 12.1. The minimum atomic E-state index is 0.789. The standard InChI is InChI=1S/C9H13N5S3/c1-3-4-10-8-7(12-14-17-8)5-15-9-13-11-6(2)16-9/h10H,3-5H2,1-2H3. The number of aryl methyl sites for hydroxylation is 1. The molecule has 17 heavy (non-hydrogen) atoms. The summed E-state index contributed by atoms with van der Waals surface area (Å²) < 4.78 is 4.96. The van der Waals surface area contributed by atoms with Gasteiger partial charge in [-0.15, -0.1) is 15.3 Å². The van der Waals surface area contributed by atoms with Crippen molar-refractivity contribution in [2.75, 3.05) is 11.9 Å². The number of thioether (sulfide) groups is 1. The van der Waals surface area contributed by atoms with E-state index in [1.165, 1.54) is 11.5 Å². The lowest BCUT2D eigenvalue weighted by Gasteiger charge is -2.01. The number of nitrogens with one attached hydrogen (secondary N) is 1. The number of hydrogen-bond acceptors (Lipinski definition) is 8. The highest BCUT2D eigenvalue weighted by atomic mass is 32.2. The Balaban J connectivity index is 1.92. The number of aromatic nitrogens is 4. The highest BCUT2D eigenvalue weighted by Crippen LogP contribution is 2.28. The fourth-order valence-corrected chi connectivity index (χ4v) is 3.59. The van der Waals surface area contributed by atoms with Crippen LogP contribution in [0.25, 0.3) is 0 Å². The average molecular weight is 287 g/mol. The number of hydrogen-bond donors (Lipinski definition) is 1. The van der Waals surface area contributed by atoms with Gasteiger partial charge in [0.2, 0.25) is 0 Å². The highest BCUT2D eigenvalue weighted by molar-refractivity contribution is 8.00. The summed E-state index contributed by atoms with van der Waals surface area (Å²) in [4.78, 5) is 0. The molecule has 2 heterocycles. The Kier molecular flexibility index (Phi) is 4.69. The second-order valence-corrected chi connectivity index (χ2v) is 6.51. The van der Waals surface area contributed by atoms with Crippen molar-refractivity contribution in [3.63, 3.8) is 0 Å². The molecule has 0 amide bonds. The first-order valence-corrected chi connectivity index (χ1v) is 7.85. The molecule has 0 bridgehead atoms. The third kappa shape index (κ3) is 3.62. The number of nitrogens with zero attached hydrogens (tertiary/aromatic N) is 4. The molecule has 0 saturated heterocycles. The third-order valence-electron chi connectivity index (χ3n) is 1.93. The van der Waals surface area contributed by atoms with Crippen molar-refractivity contribution in [3.05, 3.63) is 10.7 Å². The molecular formula is C9H13N5S3. The molecule has 1 N–H and O–H groups in total. The van der Waals surface area contributed by atoms with Gasteiger partial charge in [-0.3, -0.25) is 0 Å². The molecule has 0 aliphatic rings. The SMILES string of the molecule is CCCNc1snnc1CSc1nnc(C)s1. The van der Waals surface area contributed by atoms with Crippen molar-refractivity contribution in [2.45, 2.75) is 30.4 Å². The first-order chi connectivity index (χ1) is 8.29. The lowest BCUT2D eigenvalue weighted by Crippen LogP contribution is -2.00. The molecule has 0 radical (unpaired) electrons. The first-order valence-electron chi connectivity index (χ1n) is 5.27. The van der Waals surface area contributed by atoms with Crippen LogP contribution in [-0.4, -0.2) is 26.3 Å². The van der Waals surface area contributed by atoms with E-state index < -0.39 is 0 Å². The van der Waals surface area contributed by atoms with Crippen molar-refractivity contribution in [2.24, 2.45) is 0 Å². The molecule has 5 nitrogen and oxygen atoms in total. The summed E-state index contributed by atoms with van der Waals surface area (Å²) in [6, 6.07) is 0. The van der Waals surface area contributed by atoms with E-state index in [0.29, 0.717) is 0 Å². The van der Waals surface area contributed by atoms with E-state index in [0.717, 1.165) is 38.8 Å². The minimum Gasteiger partial charge on any atom is -0.374 e. The molecule has 0 fully saturated rings. The molecule has 0 saturated carbocycles. The summed E-state index contributed by atoms with van der Waals surface area (Å²) in [6.07, 6.45) is 1.10. The third-order valence-corrected chi connectivity index (χ3v) is 4.64. The molecule has 0 atom stereocenters. The van der Waals surface area contributed by atoms with Gasteiger partial charge in [0.05, 0.1) is 0 Å². The van der Waals surface area contributed by atoms with Gasteiger partial charge in [-0.25, -0.2) is 0 Å². The van der Waals surface area contributed by atoms with Gasteiger partial charge in [-0.1, -0.05) is 34.5 Å². The fraction of sp³-hybridized carbons (Fsp3) is 0.556. The van der Waals surface area contributed by atoms with Crippen LogP contribution in [0.5, 0.6) is 0 Å². The van der Waals surface area contributed by atoms with Crippen LogP contribution in [0.3, 0.4) is 0 Å². The summed E-state index contributed by atoms with van der Waals surface area (Å²) in [6.45, 7) is 5.06. The van der Waals surface area contributed by atoms with Crippen molar-refractivity contribution in [1.82, 2.24) is 19.8 Å². The van der Waals surface area contributed by atoms with Crippen molar-refractivity contribution in [3.8, 4) is 0 Å². The zero-order valence-corrected chi connectivity index (χ0v) is 12.1. The normalized spacial score (nSPS) is 10.7. The summed E-state index contributed by atoms with van der Waals surface area (Å²) in [7, 11) is 0. The van der Waals surface area contributed by atoms with Crippen LogP contribution in [0.1, 0.15) is 24.0 Å². The number of anilines is 1. The molecule has 2 aromatic rings. The van der Waals surface area contributed by atoms with E-state index in [9.17, 15) is 0 Å². The maximum Gasteiger partial charge on any atom is 0.174 e. The molecule has 0 aliphatic carbocycles. The summed E-state index contributed by atoms with van der Waals surface area (Å²) in [5, 5.41) is 17.6. The predicted molar refractivity (Wildman–Crippen MR) is 72.9 cm³/mol. The Bertz CT molecular complexity index is 467. The Labute approximate surface area is 112 Å². The number of rotatable bonds is 6. The smallest absolute Gasteiger partial charge is 0.174 e. The molecule has 2 aromatic heterocycles. The van der Waals surface area contributed by atoms with Crippen LogP contribution in [0, 0.1) is 6.92 Å². The van der Waals surface area contributed by atoms with E-state index in [1.807, 2.05) is 6.92 Å². The van der Waals surface area contributed by atoms with Crippen molar-refractivity contribution >= 4 is 39.6 Å². The average Bonchev–Trinajstić information content (AvgIpc) is 2.92. The van der Waals surface area contributed by atoms with Gasteiger partial charge in [0, 0.05) is 23.8 Å². The van der Waals surface area contributed by atoms with Crippen LogP contribution in [0.4, 0.5) is 5.00 Å². The van der Waals surface area contributed by atoms with Crippen LogP contribution in [0.2, 0.25) is 0 Å². The molecule has 0 unspecified atom stereocenters. The Morgan fingerprint density at radius 3 is 2.88 bits per heavy atom. The Morgan fingerprint density at radius 1 is 1.29 bits per heavy atom. The van der Waals surface area contributed by atoms with Gasteiger partial charge in [0.1, 0.15) is 15.7 Å². The summed E-state index contributed by atoms with van der Waals surface area (Å²) in [5.74, 6) is 0.789. The maximum atomic E-state index is 4.13. The topological polar surface area (TPSA) is 63.6 Å². The lowest BCUT2D eigenvalue weighted by molar-refractivity contribution is 0.973. The molecule has 0 spiro atoms. The summed E-state index contributed by atoms with van der Waals surface area (Å²) in [5.41, 5.74) is 1.00. The molecule has 92 valence electrons. The van der Waals surface area contributed by atoms with Crippen molar-refractivity contribution in [1.29, 1.82) is 0 Å². The van der Waals surface area contributed by atoms with Gasteiger partial charge in [0.15, 0.2) is 4.34 Å². The monoisotopic (exact) mass is 287 g/mol. The fourth-order valence-electron chi connectivity index (χ4n) is 1.14. The Hall–Kier alpha value is -0.730. The van der Waals surface area contributed by atoms with Gasteiger partial charge >= 0.3 is 0 Å². The van der Waals surface area contributed by atoms with Crippen molar-refractivity contribution < 1.29 is 0 Å². The zero-order valence-electron chi connectivity index (χ0n) is 9.63. The first kappa shape index (κ1) is 12.7. The van der Waals surface area contributed by atoms with Crippen LogP contribution >= 0.6 is 34.6 Å². The summed E-state index contributed by atoms with van der Waals surface area (Å²) >= 11 is 4.68. The molecule has 0 aliphatic heterocycles. The Morgan fingerprint density at radius 2 is 2.18 bits per heavy atom. The molecule has 2 rings (SSSR count). The highest BCUT2D eigenvalue weighted by Gasteiger charge is 2.09. The van der Waals surface area contributed by atoms with Gasteiger partial charge < -0.3 is 5.32 Å². The largest absolute Gasteiger partial charge is 0.374 e. The quantitative estimate of drug-likeness (QED) is 0.824. The van der Waals surface area contributed by atoms with Gasteiger partial charge in [-0.05, 0) is 13.3 Å². The molecule has 8 heteroatoms. The van der Waals surface area contributed by atoms with E-state index in [2.05, 4.69) is 32.0 Å². The second kappa shape index (κ2) is 6.27. The van der Waals surface area contributed by atoms with Gasteiger partial charge in [-0.2, -0.15) is 0 Å². The molecule has 0 aromatic carbocycles. The van der Waals surface area contributed by atoms with E-state index in [-0.39, 0.29) is 0 Å². The van der Waals surface area contributed by atoms with Crippen LogP contribution < -0.4 is 5.32 Å². The lowest BCUT2D eigenvalue weighted by atomic mass is 10.4. The van der Waals surface area contributed by atoms with E-state index >= 15 is 0 Å². The minimum absolute atomic E-state index is 0.789. The van der Waals surface area contributed by atoms with Gasteiger partial charge in [0.25, 0.3) is 0 Å². The molecular weight excluding hydrogens is 274 g/mol. The second-order valence-electron chi connectivity index (χ2n) is 3.35. The van der Waals surface area contributed by atoms with E-state index in [1.54, 1.807) is 23.1 Å².